The Labute approximate surface area is 120 Å². The van der Waals surface area contributed by atoms with Crippen LogP contribution in [0.25, 0.3) is 0 Å². The largest absolute Gasteiger partial charge is 0.338 e. The summed E-state index contributed by atoms with van der Waals surface area (Å²) in [5.41, 5.74) is 0.752. The first-order valence-electron chi connectivity index (χ1n) is 5.99. The molecule has 2 aromatic heterocycles. The van der Waals surface area contributed by atoms with Crippen molar-refractivity contribution in [1.82, 2.24) is 5.16 Å². The Bertz CT molecular complexity index is 537. The molecule has 0 bridgehead atoms. The molecule has 0 aromatic carbocycles. The van der Waals surface area contributed by atoms with Gasteiger partial charge >= 0.3 is 0 Å². The summed E-state index contributed by atoms with van der Waals surface area (Å²) in [7, 11) is 0. The van der Waals surface area contributed by atoms with Crippen LogP contribution in [0.15, 0.2) is 28.1 Å². The molecule has 0 saturated heterocycles. The minimum Gasteiger partial charge on any atom is -0.338 e. The SMILES string of the molecule is Cc1cc(NC(=O)[C@@H](C)S[C@H](C)c2cccs2)on1. The Hall–Kier alpha value is -1.27. The molecule has 2 heterocycles. The molecule has 1 amide bonds. The van der Waals surface area contributed by atoms with Crippen LogP contribution >= 0.6 is 23.1 Å². The Morgan fingerprint density at radius 3 is 2.89 bits per heavy atom. The van der Waals surface area contributed by atoms with Gasteiger partial charge in [0.2, 0.25) is 11.8 Å². The van der Waals surface area contributed by atoms with Gasteiger partial charge in [0.15, 0.2) is 0 Å². The van der Waals surface area contributed by atoms with Crippen LogP contribution in [0.2, 0.25) is 0 Å². The van der Waals surface area contributed by atoms with E-state index in [1.807, 2.05) is 19.9 Å². The van der Waals surface area contributed by atoms with E-state index in [4.69, 9.17) is 4.52 Å². The van der Waals surface area contributed by atoms with Crippen molar-refractivity contribution in [3.63, 3.8) is 0 Å². The van der Waals surface area contributed by atoms with Gasteiger partial charge in [0, 0.05) is 16.2 Å². The number of carbonyl (C=O) groups is 1. The number of thioether (sulfide) groups is 1. The maximum absolute atomic E-state index is 12.0. The molecular formula is C13H16N2O2S2. The lowest BCUT2D eigenvalue weighted by molar-refractivity contribution is -0.115. The lowest BCUT2D eigenvalue weighted by atomic mass is 10.4. The second-order valence-electron chi connectivity index (χ2n) is 4.26. The molecule has 0 saturated carbocycles. The quantitative estimate of drug-likeness (QED) is 0.910. The summed E-state index contributed by atoms with van der Waals surface area (Å²) in [6.07, 6.45) is 0. The molecule has 2 rings (SSSR count). The van der Waals surface area contributed by atoms with Crippen LogP contribution in [-0.4, -0.2) is 16.3 Å². The van der Waals surface area contributed by atoms with E-state index in [1.54, 1.807) is 29.2 Å². The van der Waals surface area contributed by atoms with Crippen LogP contribution in [0.4, 0.5) is 5.88 Å². The number of carbonyl (C=O) groups excluding carboxylic acids is 1. The fourth-order valence-corrected chi connectivity index (χ4v) is 3.61. The minimum atomic E-state index is -0.150. The normalized spacial score (nSPS) is 14.1. The van der Waals surface area contributed by atoms with E-state index in [0.29, 0.717) is 11.1 Å². The van der Waals surface area contributed by atoms with Gasteiger partial charge in [-0.05, 0) is 32.2 Å². The number of rotatable bonds is 5. The zero-order valence-corrected chi connectivity index (χ0v) is 12.7. The molecule has 4 nitrogen and oxygen atoms in total. The first kappa shape index (κ1) is 14.1. The van der Waals surface area contributed by atoms with Gasteiger partial charge in [-0.3, -0.25) is 10.1 Å². The first-order valence-corrected chi connectivity index (χ1v) is 7.81. The van der Waals surface area contributed by atoms with Crippen molar-refractivity contribution < 1.29 is 9.32 Å². The van der Waals surface area contributed by atoms with Gasteiger partial charge in [0.25, 0.3) is 0 Å². The van der Waals surface area contributed by atoms with E-state index in [-0.39, 0.29) is 11.2 Å². The van der Waals surface area contributed by atoms with E-state index in [9.17, 15) is 4.79 Å². The summed E-state index contributed by atoms with van der Waals surface area (Å²) in [5.74, 6) is 0.336. The summed E-state index contributed by atoms with van der Waals surface area (Å²) in [5, 5.41) is 8.67. The van der Waals surface area contributed by atoms with Gasteiger partial charge in [0.1, 0.15) is 0 Å². The molecule has 0 fully saturated rings. The monoisotopic (exact) mass is 296 g/mol. The molecule has 2 aromatic rings. The molecule has 0 unspecified atom stereocenters. The molecule has 0 spiro atoms. The summed E-state index contributed by atoms with van der Waals surface area (Å²) >= 11 is 3.34. The topological polar surface area (TPSA) is 55.1 Å². The van der Waals surface area contributed by atoms with Gasteiger partial charge in [-0.1, -0.05) is 11.2 Å². The van der Waals surface area contributed by atoms with Crippen molar-refractivity contribution in [2.45, 2.75) is 31.3 Å². The predicted molar refractivity (Wildman–Crippen MR) is 79.7 cm³/mol. The number of aryl methyl sites for hydroxylation is 1. The third-order valence-corrected chi connectivity index (χ3v) is 5.08. The molecule has 19 heavy (non-hydrogen) atoms. The highest BCUT2D eigenvalue weighted by atomic mass is 32.2. The zero-order valence-electron chi connectivity index (χ0n) is 11.0. The van der Waals surface area contributed by atoms with Crippen LogP contribution in [0.5, 0.6) is 0 Å². The number of hydrogen-bond donors (Lipinski definition) is 1. The van der Waals surface area contributed by atoms with E-state index in [1.165, 1.54) is 4.88 Å². The number of amides is 1. The van der Waals surface area contributed by atoms with Crippen molar-refractivity contribution in [2.75, 3.05) is 5.32 Å². The fraction of sp³-hybridized carbons (Fsp3) is 0.385. The number of nitrogens with one attached hydrogen (secondary N) is 1. The molecule has 2 atom stereocenters. The average molecular weight is 296 g/mol. The van der Waals surface area contributed by atoms with Crippen molar-refractivity contribution in [3.05, 3.63) is 34.2 Å². The summed E-state index contributed by atoms with van der Waals surface area (Å²) in [6.45, 7) is 5.82. The van der Waals surface area contributed by atoms with Gasteiger partial charge in [-0.2, -0.15) is 0 Å². The summed E-state index contributed by atoms with van der Waals surface area (Å²) in [6, 6.07) is 5.82. The number of thiophene rings is 1. The van der Waals surface area contributed by atoms with Crippen LogP contribution in [0, 0.1) is 6.92 Å². The molecule has 0 aliphatic rings. The number of nitrogens with zero attached hydrogens (tertiary/aromatic N) is 1. The molecule has 1 N–H and O–H groups in total. The highest BCUT2D eigenvalue weighted by Crippen LogP contribution is 2.34. The highest BCUT2D eigenvalue weighted by molar-refractivity contribution is 8.00. The average Bonchev–Trinajstić information content (AvgIpc) is 3.00. The molecule has 102 valence electrons. The Kier molecular flexibility index (Phi) is 4.66. The van der Waals surface area contributed by atoms with Gasteiger partial charge in [-0.25, -0.2) is 0 Å². The van der Waals surface area contributed by atoms with Crippen LogP contribution in [0.1, 0.15) is 29.7 Å². The van der Waals surface area contributed by atoms with E-state index in [2.05, 4.69) is 28.8 Å². The number of aromatic nitrogens is 1. The Balaban J connectivity index is 1.89. The maximum atomic E-state index is 12.0. The molecule has 6 heteroatoms. The second-order valence-corrected chi connectivity index (χ2v) is 6.92. The van der Waals surface area contributed by atoms with Crippen molar-refractivity contribution >= 4 is 34.9 Å². The van der Waals surface area contributed by atoms with E-state index >= 15 is 0 Å². The molecule has 0 aliphatic carbocycles. The lowest BCUT2D eigenvalue weighted by Gasteiger charge is -2.15. The third kappa shape index (κ3) is 3.84. The van der Waals surface area contributed by atoms with Gasteiger partial charge in [-0.15, -0.1) is 23.1 Å². The standard InChI is InChI=1S/C13H16N2O2S2/c1-8-7-12(17-15-8)14-13(16)10(3)19-9(2)11-5-4-6-18-11/h4-7,9-10H,1-3H3,(H,14,16)/t9-,10-/m1/s1. The highest BCUT2D eigenvalue weighted by Gasteiger charge is 2.19. The van der Waals surface area contributed by atoms with E-state index in [0.717, 1.165) is 5.69 Å². The Morgan fingerprint density at radius 2 is 2.32 bits per heavy atom. The number of hydrogen-bond acceptors (Lipinski definition) is 5. The predicted octanol–water partition coefficient (Wildman–Crippen LogP) is 3.87. The molecule has 0 radical (unpaired) electrons. The maximum Gasteiger partial charge on any atom is 0.239 e. The van der Waals surface area contributed by atoms with Crippen LogP contribution in [0.3, 0.4) is 0 Å². The smallest absolute Gasteiger partial charge is 0.239 e. The van der Waals surface area contributed by atoms with Crippen LogP contribution in [-0.2, 0) is 4.79 Å². The third-order valence-electron chi connectivity index (χ3n) is 2.60. The molecule has 0 aliphatic heterocycles. The summed E-state index contributed by atoms with van der Waals surface area (Å²) < 4.78 is 4.97. The van der Waals surface area contributed by atoms with Crippen molar-refractivity contribution in [3.8, 4) is 0 Å². The van der Waals surface area contributed by atoms with Gasteiger partial charge in [0.05, 0.1) is 10.9 Å². The van der Waals surface area contributed by atoms with Crippen LogP contribution < -0.4 is 5.32 Å². The van der Waals surface area contributed by atoms with Crippen molar-refractivity contribution in [2.24, 2.45) is 0 Å². The van der Waals surface area contributed by atoms with E-state index < -0.39 is 0 Å². The fourth-order valence-electron chi connectivity index (χ4n) is 1.60. The van der Waals surface area contributed by atoms with Gasteiger partial charge < -0.3 is 4.52 Å². The van der Waals surface area contributed by atoms with Crippen molar-refractivity contribution in [1.29, 1.82) is 0 Å². The zero-order chi connectivity index (χ0) is 13.8. The first-order chi connectivity index (χ1) is 9.06. The molecular weight excluding hydrogens is 280 g/mol. The number of anilines is 1. The summed E-state index contributed by atoms with van der Waals surface area (Å²) in [4.78, 5) is 13.3. The Morgan fingerprint density at radius 1 is 1.53 bits per heavy atom. The second kappa shape index (κ2) is 6.25. The lowest BCUT2D eigenvalue weighted by Crippen LogP contribution is -2.22. The minimum absolute atomic E-state index is 0.0652.